The van der Waals surface area contributed by atoms with Crippen LogP contribution in [0.2, 0.25) is 5.15 Å². The van der Waals surface area contributed by atoms with Crippen molar-refractivity contribution >= 4 is 17.5 Å². The highest BCUT2D eigenvalue weighted by Crippen LogP contribution is 2.24. The minimum absolute atomic E-state index is 0.0241. The average Bonchev–Trinajstić information content (AvgIpc) is 2.82. The summed E-state index contributed by atoms with van der Waals surface area (Å²) in [6, 6.07) is 9.95. The monoisotopic (exact) mass is 348 g/mol. The molecule has 1 heterocycles. The smallest absolute Gasteiger partial charge is 0.234 e. The molecule has 0 aliphatic carbocycles. The fraction of sp³-hybridized carbons (Fsp3) is 0.444. The second-order valence-electron chi connectivity index (χ2n) is 6.13. The largest absolute Gasteiger partial charge is 0.353 e. The summed E-state index contributed by atoms with van der Waals surface area (Å²) >= 11 is 6.56. The van der Waals surface area contributed by atoms with Gasteiger partial charge in [0.15, 0.2) is 0 Å². The lowest BCUT2D eigenvalue weighted by atomic mass is 10.2. The Morgan fingerprint density at radius 2 is 2.00 bits per heavy atom. The van der Waals surface area contributed by atoms with Gasteiger partial charge < -0.3 is 5.32 Å². The highest BCUT2D eigenvalue weighted by atomic mass is 35.5. The van der Waals surface area contributed by atoms with Gasteiger partial charge in [0, 0.05) is 18.2 Å². The van der Waals surface area contributed by atoms with Crippen LogP contribution in [0.4, 0.5) is 0 Å². The molecule has 2 rings (SSSR count). The molecular weight excluding hydrogens is 324 g/mol. The van der Waals surface area contributed by atoms with Gasteiger partial charge in [0.05, 0.1) is 17.9 Å². The molecule has 0 unspecified atom stereocenters. The SMILES string of the molecule is CCN(CC(=O)NC(C)C)Cc1c(C)nn(-c2ccccc2)c1Cl. The van der Waals surface area contributed by atoms with E-state index in [0.29, 0.717) is 18.2 Å². The van der Waals surface area contributed by atoms with Crippen LogP contribution in [-0.4, -0.2) is 39.7 Å². The van der Waals surface area contributed by atoms with Crippen LogP contribution in [-0.2, 0) is 11.3 Å². The van der Waals surface area contributed by atoms with Crippen molar-refractivity contribution in [2.24, 2.45) is 0 Å². The molecular formula is C18H25ClN4O. The summed E-state index contributed by atoms with van der Waals surface area (Å²) in [6.45, 7) is 9.60. The quantitative estimate of drug-likeness (QED) is 0.836. The molecule has 0 saturated heterocycles. The molecule has 0 bridgehead atoms. The molecule has 130 valence electrons. The Labute approximate surface area is 148 Å². The van der Waals surface area contributed by atoms with Gasteiger partial charge in [-0.15, -0.1) is 0 Å². The standard InChI is InChI=1S/C18H25ClN4O/c1-5-22(12-17(24)20-13(2)3)11-16-14(4)21-23(18(16)19)15-9-7-6-8-10-15/h6-10,13H,5,11-12H2,1-4H3,(H,20,24). The van der Waals surface area contributed by atoms with E-state index in [1.165, 1.54) is 0 Å². The van der Waals surface area contributed by atoms with Gasteiger partial charge in [-0.25, -0.2) is 4.68 Å². The fourth-order valence-corrected chi connectivity index (χ4v) is 2.86. The van der Waals surface area contributed by atoms with E-state index in [2.05, 4.69) is 15.3 Å². The molecule has 0 saturated carbocycles. The molecule has 5 nitrogen and oxygen atoms in total. The van der Waals surface area contributed by atoms with Gasteiger partial charge in [0.2, 0.25) is 5.91 Å². The second kappa shape index (κ2) is 8.31. The molecule has 1 aromatic heterocycles. The van der Waals surface area contributed by atoms with Crippen LogP contribution < -0.4 is 5.32 Å². The number of likely N-dealkylation sites (N-methyl/N-ethyl adjacent to an activating group) is 1. The van der Waals surface area contributed by atoms with E-state index >= 15 is 0 Å². The van der Waals surface area contributed by atoms with Crippen LogP contribution in [0.1, 0.15) is 32.0 Å². The zero-order valence-corrected chi connectivity index (χ0v) is 15.5. The van der Waals surface area contributed by atoms with Crippen LogP contribution in [0, 0.1) is 6.92 Å². The molecule has 0 atom stereocenters. The zero-order valence-electron chi connectivity index (χ0n) is 14.7. The van der Waals surface area contributed by atoms with E-state index in [9.17, 15) is 4.79 Å². The van der Waals surface area contributed by atoms with Crippen LogP contribution in [0.5, 0.6) is 0 Å². The summed E-state index contributed by atoms with van der Waals surface area (Å²) in [4.78, 5) is 14.1. The number of aromatic nitrogens is 2. The lowest BCUT2D eigenvalue weighted by molar-refractivity contribution is -0.122. The summed E-state index contributed by atoms with van der Waals surface area (Å²) in [5.74, 6) is 0.0241. The van der Waals surface area contributed by atoms with E-state index in [1.54, 1.807) is 4.68 Å². The maximum Gasteiger partial charge on any atom is 0.234 e. The molecule has 0 aliphatic heterocycles. The van der Waals surface area contributed by atoms with E-state index in [0.717, 1.165) is 23.5 Å². The minimum atomic E-state index is 0.0241. The third kappa shape index (κ3) is 4.58. The molecule has 0 aliphatic rings. The van der Waals surface area contributed by atoms with Gasteiger partial charge in [-0.05, 0) is 39.4 Å². The number of rotatable bonds is 7. The third-order valence-electron chi connectivity index (χ3n) is 3.77. The van der Waals surface area contributed by atoms with Gasteiger partial charge in [-0.3, -0.25) is 9.69 Å². The number of benzene rings is 1. The molecule has 0 fully saturated rings. The molecule has 24 heavy (non-hydrogen) atoms. The number of amides is 1. The summed E-state index contributed by atoms with van der Waals surface area (Å²) in [5.41, 5.74) is 2.77. The number of carbonyl (C=O) groups excluding carboxylic acids is 1. The fourth-order valence-electron chi connectivity index (χ4n) is 2.53. The third-order valence-corrected chi connectivity index (χ3v) is 4.16. The number of nitrogens with zero attached hydrogens (tertiary/aromatic N) is 3. The molecule has 1 aromatic carbocycles. The normalized spacial score (nSPS) is 11.3. The summed E-state index contributed by atoms with van der Waals surface area (Å²) in [7, 11) is 0. The Morgan fingerprint density at radius 1 is 1.33 bits per heavy atom. The maximum atomic E-state index is 12.0. The predicted molar refractivity (Wildman–Crippen MR) is 97.5 cm³/mol. The first-order valence-electron chi connectivity index (χ1n) is 8.23. The van der Waals surface area contributed by atoms with E-state index in [4.69, 9.17) is 11.6 Å². The van der Waals surface area contributed by atoms with Crippen molar-refractivity contribution in [1.82, 2.24) is 20.0 Å². The zero-order chi connectivity index (χ0) is 17.7. The number of hydrogen-bond acceptors (Lipinski definition) is 3. The Hall–Kier alpha value is -1.85. The molecule has 1 N–H and O–H groups in total. The van der Waals surface area contributed by atoms with Gasteiger partial charge in [-0.2, -0.15) is 5.10 Å². The lowest BCUT2D eigenvalue weighted by Crippen LogP contribution is -2.39. The minimum Gasteiger partial charge on any atom is -0.353 e. The number of carbonyl (C=O) groups is 1. The molecule has 1 amide bonds. The number of halogens is 1. The molecule has 0 spiro atoms. The van der Waals surface area contributed by atoms with Crippen LogP contribution in [0.15, 0.2) is 30.3 Å². The first-order chi connectivity index (χ1) is 11.4. The van der Waals surface area contributed by atoms with Gasteiger partial charge in [-0.1, -0.05) is 36.7 Å². The lowest BCUT2D eigenvalue weighted by Gasteiger charge is -2.20. The highest BCUT2D eigenvalue weighted by molar-refractivity contribution is 6.30. The van der Waals surface area contributed by atoms with Crippen LogP contribution in [0.25, 0.3) is 5.69 Å². The topological polar surface area (TPSA) is 50.2 Å². The van der Waals surface area contributed by atoms with Gasteiger partial charge in [0.25, 0.3) is 0 Å². The maximum absolute atomic E-state index is 12.0. The van der Waals surface area contributed by atoms with Crippen LogP contribution >= 0.6 is 11.6 Å². The van der Waals surface area contributed by atoms with E-state index in [-0.39, 0.29) is 11.9 Å². The van der Waals surface area contributed by atoms with Gasteiger partial charge >= 0.3 is 0 Å². The number of para-hydroxylation sites is 1. The van der Waals surface area contributed by atoms with Crippen molar-refractivity contribution in [1.29, 1.82) is 0 Å². The Kier molecular flexibility index (Phi) is 6.40. The van der Waals surface area contributed by atoms with Crippen molar-refractivity contribution in [3.8, 4) is 5.69 Å². The number of aryl methyl sites for hydroxylation is 1. The first-order valence-corrected chi connectivity index (χ1v) is 8.61. The Morgan fingerprint density at radius 3 is 2.58 bits per heavy atom. The van der Waals surface area contributed by atoms with Crippen molar-refractivity contribution in [2.75, 3.05) is 13.1 Å². The van der Waals surface area contributed by atoms with Crippen LogP contribution in [0.3, 0.4) is 0 Å². The Balaban J connectivity index is 2.17. The summed E-state index contributed by atoms with van der Waals surface area (Å²) in [5, 5.41) is 8.07. The molecule has 2 aromatic rings. The summed E-state index contributed by atoms with van der Waals surface area (Å²) in [6.07, 6.45) is 0. The first kappa shape index (κ1) is 18.5. The van der Waals surface area contributed by atoms with E-state index in [1.807, 2.05) is 58.0 Å². The van der Waals surface area contributed by atoms with Crippen molar-refractivity contribution in [3.05, 3.63) is 46.7 Å². The van der Waals surface area contributed by atoms with E-state index < -0.39 is 0 Å². The molecule has 6 heteroatoms. The number of nitrogens with one attached hydrogen (secondary N) is 1. The van der Waals surface area contributed by atoms with Crippen molar-refractivity contribution in [3.63, 3.8) is 0 Å². The van der Waals surface area contributed by atoms with Crippen molar-refractivity contribution < 1.29 is 4.79 Å². The van der Waals surface area contributed by atoms with Crippen molar-refractivity contribution in [2.45, 2.75) is 40.3 Å². The summed E-state index contributed by atoms with van der Waals surface area (Å²) < 4.78 is 1.74. The average molecular weight is 349 g/mol. The van der Waals surface area contributed by atoms with Gasteiger partial charge in [0.1, 0.15) is 5.15 Å². The molecule has 0 radical (unpaired) electrons. The highest BCUT2D eigenvalue weighted by Gasteiger charge is 2.18. The Bertz CT molecular complexity index is 682. The predicted octanol–water partition coefficient (Wildman–Crippen LogP) is 3.18. The number of hydrogen-bond donors (Lipinski definition) is 1. The second-order valence-corrected chi connectivity index (χ2v) is 6.49.